The van der Waals surface area contributed by atoms with E-state index in [0.29, 0.717) is 36.8 Å². The predicted octanol–water partition coefficient (Wildman–Crippen LogP) is 0.607. The molecule has 3 fully saturated rings. The van der Waals surface area contributed by atoms with E-state index in [1.807, 2.05) is 11.8 Å². The Morgan fingerprint density at radius 2 is 2.06 bits per heavy atom. The van der Waals surface area contributed by atoms with E-state index < -0.39 is 0 Å². The normalized spacial score (nSPS) is 44.6. The molecule has 0 aromatic carbocycles. The van der Waals surface area contributed by atoms with Crippen molar-refractivity contribution in [2.75, 3.05) is 19.6 Å². The number of ether oxygens (including phenoxy) is 1. The number of amides is 1. The van der Waals surface area contributed by atoms with Crippen LogP contribution in [0.25, 0.3) is 0 Å². The summed E-state index contributed by atoms with van der Waals surface area (Å²) >= 11 is 0. The van der Waals surface area contributed by atoms with E-state index in [4.69, 9.17) is 10.5 Å². The second-order valence-corrected chi connectivity index (χ2v) is 5.83. The van der Waals surface area contributed by atoms with E-state index >= 15 is 0 Å². The average molecular weight is 238 g/mol. The van der Waals surface area contributed by atoms with Gasteiger partial charge in [0.2, 0.25) is 5.91 Å². The second kappa shape index (κ2) is 4.25. The largest absolute Gasteiger partial charge is 0.370 e. The molecule has 1 saturated heterocycles. The van der Waals surface area contributed by atoms with Crippen LogP contribution in [0, 0.1) is 17.8 Å². The minimum atomic E-state index is 0.0290. The Morgan fingerprint density at radius 3 is 2.71 bits per heavy atom. The molecule has 0 bridgehead atoms. The molecule has 0 radical (unpaired) electrons. The summed E-state index contributed by atoms with van der Waals surface area (Å²) in [6, 6.07) is 0. The summed E-state index contributed by atoms with van der Waals surface area (Å²) in [4.78, 5) is 14.4. The molecule has 3 rings (SSSR count). The van der Waals surface area contributed by atoms with Gasteiger partial charge in [-0.2, -0.15) is 0 Å². The molecule has 17 heavy (non-hydrogen) atoms. The highest BCUT2D eigenvalue weighted by Crippen LogP contribution is 2.58. The topological polar surface area (TPSA) is 55.6 Å². The number of nitrogens with two attached hydrogens (primary N) is 1. The summed E-state index contributed by atoms with van der Waals surface area (Å²) < 4.78 is 5.69. The molecule has 4 nitrogen and oxygen atoms in total. The van der Waals surface area contributed by atoms with Crippen molar-refractivity contribution in [3.63, 3.8) is 0 Å². The molecule has 4 unspecified atom stereocenters. The Labute approximate surface area is 102 Å². The van der Waals surface area contributed by atoms with Gasteiger partial charge in [-0.1, -0.05) is 6.42 Å². The molecule has 1 heterocycles. The van der Waals surface area contributed by atoms with Crippen LogP contribution >= 0.6 is 0 Å². The zero-order valence-electron chi connectivity index (χ0n) is 10.5. The molecule has 0 spiro atoms. The zero-order chi connectivity index (χ0) is 12.0. The van der Waals surface area contributed by atoms with E-state index in [1.54, 1.807) is 0 Å². The summed E-state index contributed by atoms with van der Waals surface area (Å²) in [7, 11) is 0. The number of carbonyl (C=O) groups is 1. The first-order valence-corrected chi connectivity index (χ1v) is 6.85. The number of rotatable bonds is 2. The number of fused-ring (bicyclic) bond motifs is 1. The zero-order valence-corrected chi connectivity index (χ0v) is 10.5. The van der Waals surface area contributed by atoms with Gasteiger partial charge in [0.1, 0.15) is 0 Å². The number of hydrogen-bond donors (Lipinski definition) is 1. The van der Waals surface area contributed by atoms with Crippen LogP contribution in [0.5, 0.6) is 0 Å². The number of morpholine rings is 1. The molecule has 0 aromatic heterocycles. The fourth-order valence-corrected chi connectivity index (χ4v) is 3.75. The Kier molecular flexibility index (Phi) is 2.87. The molecule has 2 aliphatic carbocycles. The lowest BCUT2D eigenvalue weighted by Gasteiger charge is -2.36. The fraction of sp³-hybridized carbons (Fsp3) is 0.923. The molecular formula is C13H22N2O2. The van der Waals surface area contributed by atoms with E-state index in [0.717, 1.165) is 6.54 Å². The van der Waals surface area contributed by atoms with Crippen molar-refractivity contribution in [3.8, 4) is 0 Å². The van der Waals surface area contributed by atoms with Crippen LogP contribution in [0.3, 0.4) is 0 Å². The summed E-state index contributed by atoms with van der Waals surface area (Å²) in [6.45, 7) is 3.96. The van der Waals surface area contributed by atoms with Crippen molar-refractivity contribution in [2.24, 2.45) is 23.5 Å². The SMILES string of the molecule is CC1CN(C(=O)C2C3CCCC32)CC(CN)O1. The van der Waals surface area contributed by atoms with E-state index in [9.17, 15) is 4.79 Å². The molecule has 96 valence electrons. The van der Waals surface area contributed by atoms with Crippen molar-refractivity contribution in [3.05, 3.63) is 0 Å². The van der Waals surface area contributed by atoms with Crippen molar-refractivity contribution in [1.29, 1.82) is 0 Å². The summed E-state index contributed by atoms with van der Waals surface area (Å²) in [5, 5.41) is 0. The van der Waals surface area contributed by atoms with Crippen LogP contribution in [-0.4, -0.2) is 42.6 Å². The minimum absolute atomic E-state index is 0.0290. The van der Waals surface area contributed by atoms with Gasteiger partial charge in [0.05, 0.1) is 12.2 Å². The van der Waals surface area contributed by atoms with Crippen LogP contribution < -0.4 is 5.73 Å². The summed E-state index contributed by atoms with van der Waals surface area (Å²) in [6.07, 6.45) is 4.01. The van der Waals surface area contributed by atoms with Gasteiger partial charge in [-0.05, 0) is 31.6 Å². The van der Waals surface area contributed by atoms with Crippen LogP contribution in [-0.2, 0) is 9.53 Å². The third-order valence-corrected chi connectivity index (χ3v) is 4.59. The highest BCUT2D eigenvalue weighted by molar-refractivity contribution is 5.82. The monoisotopic (exact) mass is 238 g/mol. The maximum Gasteiger partial charge on any atom is 0.226 e. The molecule has 1 amide bonds. The first kappa shape index (κ1) is 11.5. The Bertz CT molecular complexity index is 311. The lowest BCUT2D eigenvalue weighted by molar-refractivity contribution is -0.145. The average Bonchev–Trinajstić information content (AvgIpc) is 2.80. The van der Waals surface area contributed by atoms with Crippen molar-refractivity contribution < 1.29 is 9.53 Å². The van der Waals surface area contributed by atoms with Crippen molar-refractivity contribution >= 4 is 5.91 Å². The smallest absolute Gasteiger partial charge is 0.226 e. The highest BCUT2D eigenvalue weighted by Gasteiger charge is 2.57. The highest BCUT2D eigenvalue weighted by atomic mass is 16.5. The molecule has 1 aliphatic heterocycles. The minimum Gasteiger partial charge on any atom is -0.370 e. The third kappa shape index (κ3) is 1.97. The number of hydrogen-bond acceptors (Lipinski definition) is 3. The third-order valence-electron chi connectivity index (χ3n) is 4.59. The second-order valence-electron chi connectivity index (χ2n) is 5.83. The van der Waals surface area contributed by atoms with E-state index in [1.165, 1.54) is 19.3 Å². The van der Waals surface area contributed by atoms with Crippen LogP contribution in [0.2, 0.25) is 0 Å². The summed E-state index contributed by atoms with van der Waals surface area (Å²) in [5.74, 6) is 2.12. The Balaban J connectivity index is 1.62. The summed E-state index contributed by atoms with van der Waals surface area (Å²) in [5.41, 5.74) is 5.65. The van der Waals surface area contributed by atoms with Crippen molar-refractivity contribution in [1.82, 2.24) is 4.90 Å². The molecule has 4 heteroatoms. The molecular weight excluding hydrogens is 216 g/mol. The van der Waals surface area contributed by atoms with Gasteiger partial charge in [0.25, 0.3) is 0 Å². The maximum absolute atomic E-state index is 12.4. The first-order valence-electron chi connectivity index (χ1n) is 6.85. The lowest BCUT2D eigenvalue weighted by atomic mass is 10.1. The number of carbonyl (C=O) groups excluding carboxylic acids is 1. The van der Waals surface area contributed by atoms with Gasteiger partial charge in [-0.15, -0.1) is 0 Å². The standard InChI is InChI=1S/C13H22N2O2/c1-8-6-15(7-9(5-14)17-8)13(16)12-10-3-2-4-11(10)12/h8-12H,2-7,14H2,1H3. The first-order chi connectivity index (χ1) is 8.20. The van der Waals surface area contributed by atoms with Gasteiger partial charge < -0.3 is 15.4 Å². The predicted molar refractivity (Wildman–Crippen MR) is 64.3 cm³/mol. The maximum atomic E-state index is 12.4. The lowest BCUT2D eigenvalue weighted by Crippen LogP contribution is -2.52. The Hall–Kier alpha value is -0.610. The van der Waals surface area contributed by atoms with Crippen LogP contribution in [0.4, 0.5) is 0 Å². The molecule has 0 aromatic rings. The fourth-order valence-electron chi connectivity index (χ4n) is 3.75. The number of nitrogens with zero attached hydrogens (tertiary/aromatic N) is 1. The van der Waals surface area contributed by atoms with Gasteiger partial charge >= 0.3 is 0 Å². The molecule has 3 aliphatic rings. The molecule has 2 saturated carbocycles. The van der Waals surface area contributed by atoms with E-state index in [-0.39, 0.29) is 12.2 Å². The molecule has 2 N–H and O–H groups in total. The van der Waals surface area contributed by atoms with Crippen LogP contribution in [0.1, 0.15) is 26.2 Å². The van der Waals surface area contributed by atoms with Crippen molar-refractivity contribution in [2.45, 2.75) is 38.4 Å². The van der Waals surface area contributed by atoms with Gasteiger partial charge in [-0.3, -0.25) is 4.79 Å². The van der Waals surface area contributed by atoms with E-state index in [2.05, 4.69) is 0 Å². The quantitative estimate of drug-likeness (QED) is 0.767. The Morgan fingerprint density at radius 1 is 1.35 bits per heavy atom. The van der Waals surface area contributed by atoms with Gasteiger partial charge in [-0.25, -0.2) is 0 Å². The van der Waals surface area contributed by atoms with Gasteiger partial charge in [0, 0.05) is 25.6 Å². The molecule has 4 atom stereocenters. The van der Waals surface area contributed by atoms with Crippen LogP contribution in [0.15, 0.2) is 0 Å². The van der Waals surface area contributed by atoms with Gasteiger partial charge in [0.15, 0.2) is 0 Å².